The van der Waals surface area contributed by atoms with Crippen molar-refractivity contribution >= 4 is 10.0 Å². The van der Waals surface area contributed by atoms with Crippen LogP contribution in [0.1, 0.15) is 33.1 Å². The Kier molecular flexibility index (Phi) is 4.55. The summed E-state index contributed by atoms with van der Waals surface area (Å²) in [6.07, 6.45) is 2.39. The molecule has 0 aliphatic carbocycles. The molecule has 0 aromatic rings. The van der Waals surface area contributed by atoms with Crippen LogP contribution in [0, 0.1) is 5.92 Å². The van der Waals surface area contributed by atoms with E-state index in [1.54, 1.807) is 4.31 Å². The second kappa shape index (κ2) is 5.27. The summed E-state index contributed by atoms with van der Waals surface area (Å²) in [7, 11) is -3.15. The van der Waals surface area contributed by atoms with Gasteiger partial charge in [0.1, 0.15) is 0 Å². The van der Waals surface area contributed by atoms with Crippen LogP contribution >= 0.6 is 0 Å². The average molecular weight is 235 g/mol. The average Bonchev–Trinajstić information content (AvgIpc) is 2.19. The summed E-state index contributed by atoms with van der Waals surface area (Å²) >= 11 is 0. The highest BCUT2D eigenvalue weighted by Gasteiger charge is 2.32. The summed E-state index contributed by atoms with van der Waals surface area (Å²) in [6, 6.07) is 0.0995. The Bertz CT molecular complexity index is 289. The highest BCUT2D eigenvalue weighted by atomic mass is 32.2. The van der Waals surface area contributed by atoms with Crippen molar-refractivity contribution < 1.29 is 13.5 Å². The molecule has 1 aliphatic rings. The number of aliphatic hydroxyl groups excluding tert-OH is 1. The van der Waals surface area contributed by atoms with E-state index in [2.05, 4.69) is 6.92 Å². The molecule has 1 N–H and O–H groups in total. The smallest absolute Gasteiger partial charge is 0.214 e. The molecule has 1 rings (SSSR count). The number of rotatable bonds is 4. The van der Waals surface area contributed by atoms with Gasteiger partial charge in [0.2, 0.25) is 10.0 Å². The van der Waals surface area contributed by atoms with Crippen LogP contribution < -0.4 is 0 Å². The van der Waals surface area contributed by atoms with Gasteiger partial charge in [0, 0.05) is 19.2 Å². The number of piperidine rings is 1. The third-order valence-corrected chi connectivity index (χ3v) is 5.27. The maximum atomic E-state index is 11.9. The van der Waals surface area contributed by atoms with Crippen LogP contribution in [0.4, 0.5) is 0 Å². The predicted molar refractivity (Wildman–Crippen MR) is 60.1 cm³/mol. The van der Waals surface area contributed by atoms with Gasteiger partial charge in [0.15, 0.2) is 0 Å². The first-order chi connectivity index (χ1) is 6.99. The molecule has 1 heterocycles. The lowest BCUT2D eigenvalue weighted by molar-refractivity contribution is 0.201. The zero-order valence-corrected chi connectivity index (χ0v) is 10.3. The van der Waals surface area contributed by atoms with Gasteiger partial charge in [-0.3, -0.25) is 0 Å². The first-order valence-corrected chi connectivity index (χ1v) is 7.20. The van der Waals surface area contributed by atoms with E-state index < -0.39 is 10.0 Å². The molecular weight excluding hydrogens is 214 g/mol. The molecule has 4 nitrogen and oxygen atoms in total. The van der Waals surface area contributed by atoms with E-state index in [-0.39, 0.29) is 18.4 Å². The van der Waals surface area contributed by atoms with Gasteiger partial charge < -0.3 is 5.11 Å². The van der Waals surface area contributed by atoms with Gasteiger partial charge in [-0.25, -0.2) is 8.42 Å². The molecule has 0 bridgehead atoms. The lowest BCUT2D eigenvalue weighted by Crippen LogP contribution is -2.46. The number of hydrogen-bond acceptors (Lipinski definition) is 3. The number of sulfonamides is 1. The fourth-order valence-corrected chi connectivity index (χ4v) is 3.90. The Morgan fingerprint density at radius 1 is 1.40 bits per heavy atom. The molecule has 0 radical (unpaired) electrons. The summed E-state index contributed by atoms with van der Waals surface area (Å²) < 4.78 is 25.4. The van der Waals surface area contributed by atoms with E-state index in [0.717, 1.165) is 12.8 Å². The molecule has 5 heteroatoms. The molecule has 0 aromatic carbocycles. The monoisotopic (exact) mass is 235 g/mol. The van der Waals surface area contributed by atoms with Crippen LogP contribution in [0.3, 0.4) is 0 Å². The quantitative estimate of drug-likeness (QED) is 0.785. The molecule has 1 saturated heterocycles. The van der Waals surface area contributed by atoms with Crippen molar-refractivity contribution in [3.8, 4) is 0 Å². The minimum absolute atomic E-state index is 0.0585. The van der Waals surface area contributed by atoms with E-state index in [1.165, 1.54) is 0 Å². The fourth-order valence-electron chi connectivity index (χ4n) is 2.05. The van der Waals surface area contributed by atoms with Crippen molar-refractivity contribution in [2.45, 2.75) is 39.2 Å². The standard InChI is InChI=1S/C10H21NO3S/c1-9-5-3-6-11(10(9)2)15(13,14)8-4-7-12/h9-10,12H,3-8H2,1-2H3. The van der Waals surface area contributed by atoms with E-state index in [0.29, 0.717) is 18.9 Å². The van der Waals surface area contributed by atoms with E-state index in [1.807, 2.05) is 6.92 Å². The molecular formula is C10H21NO3S. The van der Waals surface area contributed by atoms with Gasteiger partial charge in [-0.1, -0.05) is 6.92 Å². The van der Waals surface area contributed by atoms with Crippen molar-refractivity contribution in [1.29, 1.82) is 0 Å². The number of hydrogen-bond donors (Lipinski definition) is 1. The highest BCUT2D eigenvalue weighted by molar-refractivity contribution is 7.89. The largest absolute Gasteiger partial charge is 0.396 e. The van der Waals surface area contributed by atoms with Crippen molar-refractivity contribution in [3.05, 3.63) is 0 Å². The molecule has 15 heavy (non-hydrogen) atoms. The van der Waals surface area contributed by atoms with Crippen LogP contribution in [0.25, 0.3) is 0 Å². The zero-order chi connectivity index (χ0) is 11.5. The Morgan fingerprint density at radius 3 is 2.67 bits per heavy atom. The van der Waals surface area contributed by atoms with E-state index in [4.69, 9.17) is 5.11 Å². The minimum atomic E-state index is -3.15. The molecule has 1 fully saturated rings. The van der Waals surface area contributed by atoms with Crippen LogP contribution in [0.15, 0.2) is 0 Å². The van der Waals surface area contributed by atoms with Crippen LogP contribution in [-0.4, -0.2) is 42.8 Å². The normalized spacial score (nSPS) is 29.3. The number of aliphatic hydroxyl groups is 1. The maximum Gasteiger partial charge on any atom is 0.214 e. The Hall–Kier alpha value is -0.130. The van der Waals surface area contributed by atoms with Gasteiger partial charge in [0.05, 0.1) is 5.75 Å². The van der Waals surface area contributed by atoms with Crippen molar-refractivity contribution in [3.63, 3.8) is 0 Å². The van der Waals surface area contributed by atoms with E-state index >= 15 is 0 Å². The summed E-state index contributed by atoms with van der Waals surface area (Å²) in [5, 5.41) is 8.66. The molecule has 1 aliphatic heterocycles. The van der Waals surface area contributed by atoms with Gasteiger partial charge in [0.25, 0.3) is 0 Å². The second-order valence-corrected chi connectivity index (χ2v) is 6.41. The number of nitrogens with zero attached hydrogens (tertiary/aromatic N) is 1. The molecule has 2 unspecified atom stereocenters. The zero-order valence-electron chi connectivity index (χ0n) is 9.52. The Balaban J connectivity index is 2.68. The first kappa shape index (κ1) is 12.9. The topological polar surface area (TPSA) is 57.6 Å². The summed E-state index contributed by atoms with van der Waals surface area (Å²) in [5.74, 6) is 0.503. The van der Waals surface area contributed by atoms with Crippen LogP contribution in [0.5, 0.6) is 0 Å². The maximum absolute atomic E-state index is 11.9. The Labute approximate surface area is 92.3 Å². The molecule has 0 saturated carbocycles. The molecule has 90 valence electrons. The Morgan fingerprint density at radius 2 is 2.07 bits per heavy atom. The third kappa shape index (κ3) is 3.16. The van der Waals surface area contributed by atoms with Crippen molar-refractivity contribution in [1.82, 2.24) is 4.31 Å². The van der Waals surface area contributed by atoms with Crippen LogP contribution in [-0.2, 0) is 10.0 Å². The molecule has 0 aromatic heterocycles. The van der Waals surface area contributed by atoms with Gasteiger partial charge >= 0.3 is 0 Å². The lowest BCUT2D eigenvalue weighted by Gasteiger charge is -2.36. The molecule has 0 amide bonds. The fraction of sp³-hybridized carbons (Fsp3) is 1.00. The van der Waals surface area contributed by atoms with Gasteiger partial charge in [-0.15, -0.1) is 0 Å². The third-order valence-electron chi connectivity index (χ3n) is 3.23. The molecule has 2 atom stereocenters. The summed E-state index contributed by atoms with van der Waals surface area (Å²) in [5.41, 5.74) is 0. The van der Waals surface area contributed by atoms with Crippen molar-refractivity contribution in [2.24, 2.45) is 5.92 Å². The van der Waals surface area contributed by atoms with Gasteiger partial charge in [-0.2, -0.15) is 4.31 Å². The molecule has 0 spiro atoms. The lowest BCUT2D eigenvalue weighted by atomic mass is 9.94. The van der Waals surface area contributed by atoms with Crippen LogP contribution in [0.2, 0.25) is 0 Å². The van der Waals surface area contributed by atoms with Gasteiger partial charge in [-0.05, 0) is 32.1 Å². The SMILES string of the molecule is CC1CCCN(S(=O)(=O)CCCO)C1C. The first-order valence-electron chi connectivity index (χ1n) is 5.59. The second-order valence-electron chi connectivity index (χ2n) is 4.36. The van der Waals surface area contributed by atoms with Crippen molar-refractivity contribution in [2.75, 3.05) is 18.9 Å². The highest BCUT2D eigenvalue weighted by Crippen LogP contribution is 2.25. The summed E-state index contributed by atoms with van der Waals surface area (Å²) in [4.78, 5) is 0. The van der Waals surface area contributed by atoms with E-state index in [9.17, 15) is 8.42 Å². The predicted octanol–water partition coefficient (Wildman–Crippen LogP) is 0.819. The minimum Gasteiger partial charge on any atom is -0.396 e. The summed E-state index contributed by atoms with van der Waals surface area (Å²) in [6.45, 7) is 4.65.